The number of aromatic nitrogens is 2. The summed E-state index contributed by atoms with van der Waals surface area (Å²) in [6.45, 7) is 1.63. The first-order valence-electron chi connectivity index (χ1n) is 10.5. The molecule has 0 amide bonds. The lowest BCUT2D eigenvalue weighted by atomic mass is 9.76. The van der Waals surface area contributed by atoms with Crippen molar-refractivity contribution in [3.8, 4) is 11.4 Å². The molecule has 156 valence electrons. The summed E-state index contributed by atoms with van der Waals surface area (Å²) in [6.07, 6.45) is 5.25. The van der Waals surface area contributed by atoms with E-state index in [1.165, 1.54) is 0 Å². The summed E-state index contributed by atoms with van der Waals surface area (Å²) in [7, 11) is 0. The molecular formula is C24H27N3O3. The number of hydrogen-bond acceptors (Lipinski definition) is 5. The number of carbonyl (C=O) groups is 1. The molecular weight excluding hydrogens is 378 g/mol. The number of rotatable bonds is 2. The minimum Gasteiger partial charge on any atom is -0.483 e. The zero-order valence-electron chi connectivity index (χ0n) is 16.9. The van der Waals surface area contributed by atoms with E-state index in [9.17, 15) is 5.11 Å². The molecule has 5 rings (SSSR count). The average molecular weight is 405 g/mol. The normalized spacial score (nSPS) is 23.2. The maximum absolute atomic E-state index is 10.7. The summed E-state index contributed by atoms with van der Waals surface area (Å²) in [5.74, 6) is 1.79. The lowest BCUT2D eigenvalue weighted by Crippen LogP contribution is -2.47. The molecule has 0 radical (unpaired) electrons. The quantitative estimate of drug-likeness (QED) is 0.624. The first-order chi connectivity index (χ1) is 14.7. The van der Waals surface area contributed by atoms with Crippen molar-refractivity contribution in [1.29, 1.82) is 0 Å². The van der Waals surface area contributed by atoms with Crippen molar-refractivity contribution >= 4 is 23.2 Å². The van der Waals surface area contributed by atoms with Gasteiger partial charge in [-0.1, -0.05) is 48.9 Å². The largest absolute Gasteiger partial charge is 0.483 e. The lowest BCUT2D eigenvalue weighted by molar-refractivity contribution is -0.122. The Morgan fingerprint density at radius 3 is 2.43 bits per heavy atom. The van der Waals surface area contributed by atoms with Gasteiger partial charge in [0, 0.05) is 29.5 Å². The second-order valence-corrected chi connectivity index (χ2v) is 8.15. The third-order valence-electron chi connectivity index (χ3n) is 6.38. The number of hydrogen-bond donors (Lipinski definition) is 2. The molecule has 2 heterocycles. The lowest BCUT2D eigenvalue weighted by Gasteiger charge is -2.43. The van der Waals surface area contributed by atoms with Crippen LogP contribution in [-0.2, 0) is 4.79 Å². The van der Waals surface area contributed by atoms with E-state index in [2.05, 4.69) is 35.2 Å². The van der Waals surface area contributed by atoms with Gasteiger partial charge < -0.3 is 15.1 Å². The number of aliphatic hydroxyl groups is 1. The topological polar surface area (TPSA) is 86.5 Å². The van der Waals surface area contributed by atoms with E-state index in [1.807, 2.05) is 24.3 Å². The Hall–Kier alpha value is -2.99. The van der Waals surface area contributed by atoms with Crippen LogP contribution in [0.5, 0.6) is 0 Å². The van der Waals surface area contributed by atoms with Gasteiger partial charge >= 0.3 is 0 Å². The minimum atomic E-state index is -0.250. The molecule has 0 unspecified atom stereocenters. The van der Waals surface area contributed by atoms with Crippen molar-refractivity contribution in [3.63, 3.8) is 0 Å². The highest BCUT2D eigenvalue weighted by atomic mass is 16.3. The van der Waals surface area contributed by atoms with Crippen molar-refractivity contribution in [2.75, 3.05) is 18.0 Å². The van der Waals surface area contributed by atoms with Gasteiger partial charge in [0.15, 0.2) is 5.82 Å². The Labute approximate surface area is 176 Å². The Bertz CT molecular complexity index is 1010. The third-order valence-corrected chi connectivity index (χ3v) is 6.38. The van der Waals surface area contributed by atoms with Crippen LogP contribution in [0.1, 0.15) is 32.1 Å². The molecule has 2 aliphatic rings. The highest BCUT2D eigenvalue weighted by molar-refractivity contribution is 5.91. The van der Waals surface area contributed by atoms with Crippen LogP contribution in [-0.4, -0.2) is 45.8 Å². The van der Waals surface area contributed by atoms with Crippen LogP contribution in [0.3, 0.4) is 0 Å². The van der Waals surface area contributed by atoms with E-state index < -0.39 is 0 Å². The van der Waals surface area contributed by atoms with Crippen LogP contribution >= 0.6 is 0 Å². The van der Waals surface area contributed by atoms with E-state index in [-0.39, 0.29) is 18.0 Å². The van der Waals surface area contributed by atoms with E-state index >= 15 is 0 Å². The Kier molecular flexibility index (Phi) is 5.95. The third kappa shape index (κ3) is 3.87. The molecule has 3 aromatic rings. The first kappa shape index (κ1) is 20.3. The molecule has 6 heteroatoms. The van der Waals surface area contributed by atoms with E-state index in [1.54, 1.807) is 0 Å². The Morgan fingerprint density at radius 1 is 1.00 bits per heavy atom. The highest BCUT2D eigenvalue weighted by Gasteiger charge is 2.45. The zero-order valence-corrected chi connectivity index (χ0v) is 16.9. The number of aliphatic hydroxyl groups excluding tert-OH is 1. The van der Waals surface area contributed by atoms with Gasteiger partial charge in [-0.2, -0.15) is 0 Å². The van der Waals surface area contributed by atoms with Crippen LogP contribution in [0.15, 0.2) is 54.6 Å². The van der Waals surface area contributed by atoms with E-state index in [4.69, 9.17) is 19.9 Å². The summed E-state index contributed by atoms with van der Waals surface area (Å²) < 4.78 is 0. The predicted octanol–water partition coefficient (Wildman–Crippen LogP) is 4.13. The second-order valence-electron chi connectivity index (χ2n) is 8.15. The molecule has 2 atom stereocenters. The Morgan fingerprint density at radius 2 is 1.70 bits per heavy atom. The number of carboxylic acid groups (broad SMARTS) is 1. The van der Waals surface area contributed by atoms with Gasteiger partial charge in [-0.3, -0.25) is 4.79 Å². The maximum Gasteiger partial charge on any atom is 0.290 e. The minimum absolute atomic E-state index is 0.0389. The van der Waals surface area contributed by atoms with Crippen LogP contribution in [0, 0.1) is 5.41 Å². The summed E-state index contributed by atoms with van der Waals surface area (Å²) in [6, 6.07) is 18.5. The smallest absolute Gasteiger partial charge is 0.290 e. The summed E-state index contributed by atoms with van der Waals surface area (Å²) in [5, 5.41) is 18.6. The fourth-order valence-electron chi connectivity index (χ4n) is 4.95. The first-order valence-corrected chi connectivity index (χ1v) is 10.5. The number of para-hydroxylation sites is 1. The number of benzene rings is 2. The van der Waals surface area contributed by atoms with Crippen LogP contribution in [0.25, 0.3) is 22.3 Å². The zero-order chi connectivity index (χ0) is 21.0. The number of fused-ring (bicyclic) bond motifs is 1. The standard InChI is InChI=1S/C23H25N3O.CH2O2/c27-20-12-6-13-23(20)14-7-15-26(16-23)22-18-10-4-5-11-19(18)24-21(25-22)17-8-2-1-3-9-17;2-1-3/h1-5,8-11,20,27H,6-7,12-16H2;1H,(H,2,3)/t20-,23+;/m1./s1. The van der Waals surface area contributed by atoms with E-state index in [0.717, 1.165) is 73.3 Å². The molecule has 1 saturated carbocycles. The van der Waals surface area contributed by atoms with Gasteiger partial charge in [0.2, 0.25) is 0 Å². The monoisotopic (exact) mass is 405 g/mol. The van der Waals surface area contributed by atoms with Crippen molar-refractivity contribution in [1.82, 2.24) is 9.97 Å². The van der Waals surface area contributed by atoms with Crippen LogP contribution in [0.4, 0.5) is 5.82 Å². The molecule has 1 aliphatic carbocycles. The van der Waals surface area contributed by atoms with Crippen molar-refractivity contribution < 1.29 is 15.0 Å². The molecule has 6 nitrogen and oxygen atoms in total. The van der Waals surface area contributed by atoms with Crippen molar-refractivity contribution in [3.05, 3.63) is 54.6 Å². The van der Waals surface area contributed by atoms with Gasteiger partial charge in [-0.05, 0) is 37.8 Å². The maximum atomic E-state index is 10.7. The van der Waals surface area contributed by atoms with Gasteiger partial charge in [-0.25, -0.2) is 9.97 Å². The number of piperidine rings is 1. The van der Waals surface area contributed by atoms with Gasteiger partial charge in [0.1, 0.15) is 5.82 Å². The molecule has 0 bridgehead atoms. The summed E-state index contributed by atoms with van der Waals surface area (Å²) in [5.41, 5.74) is 2.06. The number of anilines is 1. The fourth-order valence-corrected chi connectivity index (χ4v) is 4.95. The molecule has 1 saturated heterocycles. The average Bonchev–Trinajstić information content (AvgIpc) is 3.13. The predicted molar refractivity (Wildman–Crippen MR) is 117 cm³/mol. The molecule has 2 aromatic carbocycles. The van der Waals surface area contributed by atoms with Crippen molar-refractivity contribution in [2.45, 2.75) is 38.2 Å². The van der Waals surface area contributed by atoms with Gasteiger partial charge in [0.25, 0.3) is 6.47 Å². The molecule has 2 N–H and O–H groups in total. The fraction of sp³-hybridized carbons (Fsp3) is 0.375. The van der Waals surface area contributed by atoms with E-state index in [0.29, 0.717) is 0 Å². The molecule has 1 aliphatic heterocycles. The van der Waals surface area contributed by atoms with Crippen LogP contribution in [0.2, 0.25) is 0 Å². The molecule has 1 aromatic heterocycles. The molecule has 30 heavy (non-hydrogen) atoms. The Balaban J connectivity index is 0.000000687. The SMILES string of the molecule is O=CO.O[C@@H]1CCC[C@@]12CCCN(c1nc(-c3ccccc3)nc3ccccc13)C2. The van der Waals surface area contributed by atoms with Crippen molar-refractivity contribution in [2.24, 2.45) is 5.41 Å². The van der Waals surface area contributed by atoms with Crippen LogP contribution < -0.4 is 4.90 Å². The molecule has 2 fully saturated rings. The second kappa shape index (κ2) is 8.79. The molecule has 1 spiro atoms. The summed E-state index contributed by atoms with van der Waals surface area (Å²) >= 11 is 0. The summed E-state index contributed by atoms with van der Waals surface area (Å²) in [4.78, 5) is 20.6. The van der Waals surface area contributed by atoms with Gasteiger partial charge in [0.05, 0.1) is 11.6 Å². The van der Waals surface area contributed by atoms with Gasteiger partial charge in [-0.15, -0.1) is 0 Å². The highest BCUT2D eigenvalue weighted by Crippen LogP contribution is 2.46. The number of nitrogens with zero attached hydrogens (tertiary/aromatic N) is 3.